The lowest BCUT2D eigenvalue weighted by Crippen LogP contribution is -2.52. The summed E-state index contributed by atoms with van der Waals surface area (Å²) in [5.41, 5.74) is 2.87. The van der Waals surface area contributed by atoms with Gasteiger partial charge in [-0.25, -0.2) is 0 Å². The zero-order valence-corrected chi connectivity index (χ0v) is 22.0. The van der Waals surface area contributed by atoms with Crippen LogP contribution < -0.4 is 5.32 Å². The lowest BCUT2D eigenvalue weighted by Gasteiger charge is -2.32. The van der Waals surface area contributed by atoms with Gasteiger partial charge in [-0.1, -0.05) is 79.7 Å². The van der Waals surface area contributed by atoms with Crippen molar-refractivity contribution >= 4 is 29.3 Å². The fraction of sp³-hybridized carbons (Fsp3) is 0.310. The van der Waals surface area contributed by atoms with E-state index < -0.39 is 11.0 Å². The third kappa shape index (κ3) is 8.75. The van der Waals surface area contributed by atoms with Gasteiger partial charge in [-0.05, 0) is 30.0 Å². The van der Waals surface area contributed by atoms with Crippen LogP contribution in [0.2, 0.25) is 0 Å². The molecule has 37 heavy (non-hydrogen) atoms. The van der Waals surface area contributed by atoms with Gasteiger partial charge in [0.25, 0.3) is 5.69 Å². The van der Waals surface area contributed by atoms with Crippen LogP contribution in [0.1, 0.15) is 37.0 Å². The Morgan fingerprint density at radius 1 is 0.919 bits per heavy atom. The van der Waals surface area contributed by atoms with Crippen molar-refractivity contribution in [2.75, 3.05) is 5.75 Å². The van der Waals surface area contributed by atoms with Crippen LogP contribution in [-0.2, 0) is 28.3 Å². The second-order valence-corrected chi connectivity index (χ2v) is 9.93. The summed E-state index contributed by atoms with van der Waals surface area (Å²) < 4.78 is 0. The molecule has 1 N–H and O–H groups in total. The first-order valence-corrected chi connectivity index (χ1v) is 13.5. The van der Waals surface area contributed by atoms with Gasteiger partial charge in [-0.15, -0.1) is 11.8 Å². The lowest BCUT2D eigenvalue weighted by atomic mass is 10.0. The molecule has 8 heteroatoms. The Morgan fingerprint density at radius 2 is 1.51 bits per heavy atom. The molecule has 0 aliphatic rings. The largest absolute Gasteiger partial charge is 0.352 e. The van der Waals surface area contributed by atoms with Crippen LogP contribution in [0.5, 0.6) is 0 Å². The molecule has 0 aliphatic carbocycles. The van der Waals surface area contributed by atoms with Gasteiger partial charge in [0, 0.05) is 36.9 Å². The van der Waals surface area contributed by atoms with Crippen LogP contribution in [0.25, 0.3) is 0 Å². The first-order chi connectivity index (χ1) is 17.9. The minimum absolute atomic E-state index is 0.00374. The average Bonchev–Trinajstić information content (AvgIpc) is 2.91. The molecule has 0 radical (unpaired) electrons. The molecule has 0 fully saturated rings. The molecule has 3 aromatic carbocycles. The van der Waals surface area contributed by atoms with E-state index in [9.17, 15) is 19.7 Å². The van der Waals surface area contributed by atoms with Gasteiger partial charge in [-0.2, -0.15) is 0 Å². The maximum Gasteiger partial charge on any atom is 0.269 e. The molecule has 0 saturated carbocycles. The summed E-state index contributed by atoms with van der Waals surface area (Å²) in [5, 5.41) is 14.0. The van der Waals surface area contributed by atoms with Crippen LogP contribution in [0, 0.1) is 10.1 Å². The van der Waals surface area contributed by atoms with Crippen LogP contribution in [0.3, 0.4) is 0 Å². The van der Waals surface area contributed by atoms with Gasteiger partial charge in [0.2, 0.25) is 11.8 Å². The number of non-ortho nitro benzene ring substituents is 1. The SMILES string of the molecule is CC[C@@H](C)NC(=O)[C@@H](Cc1ccccc1)N(Cc1ccccc1)C(=O)CSCc1ccc([N+](=O)[O-])cc1. The highest BCUT2D eigenvalue weighted by atomic mass is 32.2. The summed E-state index contributed by atoms with van der Waals surface area (Å²) in [4.78, 5) is 39.2. The van der Waals surface area contributed by atoms with E-state index in [1.165, 1.54) is 23.9 Å². The smallest absolute Gasteiger partial charge is 0.269 e. The Morgan fingerprint density at radius 3 is 2.08 bits per heavy atom. The van der Waals surface area contributed by atoms with Crippen molar-refractivity contribution in [3.63, 3.8) is 0 Å². The second kappa shape index (κ2) is 14.2. The van der Waals surface area contributed by atoms with Gasteiger partial charge in [0.15, 0.2) is 0 Å². The Labute approximate surface area is 222 Å². The summed E-state index contributed by atoms with van der Waals surface area (Å²) in [7, 11) is 0. The second-order valence-electron chi connectivity index (χ2n) is 8.95. The molecule has 3 aromatic rings. The number of rotatable bonds is 13. The normalized spacial score (nSPS) is 12.4. The Balaban J connectivity index is 1.80. The highest BCUT2D eigenvalue weighted by molar-refractivity contribution is 7.99. The Bertz CT molecular complexity index is 1160. The van der Waals surface area contributed by atoms with Crippen molar-refractivity contribution in [2.45, 2.75) is 51.1 Å². The number of amides is 2. The standard InChI is InChI=1S/C29H33N3O4S/c1-3-22(2)30-29(34)27(18-23-10-6-4-7-11-23)31(19-24-12-8-5-9-13-24)28(33)21-37-20-25-14-16-26(17-15-25)32(35)36/h4-17,22,27H,3,18-21H2,1-2H3,(H,30,34)/t22-,27-/m1/s1. The molecule has 2 atom stereocenters. The number of benzene rings is 3. The van der Waals surface area contributed by atoms with Gasteiger partial charge < -0.3 is 10.2 Å². The summed E-state index contributed by atoms with van der Waals surface area (Å²) in [6, 6.07) is 25.1. The molecule has 0 spiro atoms. The first-order valence-electron chi connectivity index (χ1n) is 12.4. The number of carbonyl (C=O) groups is 2. The maximum atomic E-state index is 13.6. The number of hydrogen-bond donors (Lipinski definition) is 1. The van der Waals surface area contributed by atoms with Crippen molar-refractivity contribution in [2.24, 2.45) is 0 Å². The number of nitrogens with one attached hydrogen (secondary N) is 1. The van der Waals surface area contributed by atoms with Crippen molar-refractivity contribution in [3.05, 3.63) is 112 Å². The number of nitrogens with zero attached hydrogens (tertiary/aromatic N) is 2. The summed E-state index contributed by atoms with van der Waals surface area (Å²) in [5.74, 6) is 0.427. The van der Waals surface area contributed by atoms with Gasteiger partial charge in [0.05, 0.1) is 10.7 Å². The van der Waals surface area contributed by atoms with E-state index in [2.05, 4.69) is 5.32 Å². The van der Waals surface area contributed by atoms with Crippen molar-refractivity contribution in [1.29, 1.82) is 0 Å². The van der Waals surface area contributed by atoms with E-state index in [-0.39, 0.29) is 29.3 Å². The highest BCUT2D eigenvalue weighted by Crippen LogP contribution is 2.20. The van der Waals surface area contributed by atoms with Crippen LogP contribution in [0.15, 0.2) is 84.9 Å². The zero-order chi connectivity index (χ0) is 26.6. The summed E-state index contributed by atoms with van der Waals surface area (Å²) in [6.45, 7) is 4.29. The lowest BCUT2D eigenvalue weighted by molar-refractivity contribution is -0.384. The maximum absolute atomic E-state index is 13.6. The fourth-order valence-corrected chi connectivity index (χ4v) is 4.70. The molecular formula is C29H33N3O4S. The van der Waals surface area contributed by atoms with E-state index in [1.807, 2.05) is 74.5 Å². The van der Waals surface area contributed by atoms with Gasteiger partial charge in [-0.3, -0.25) is 19.7 Å². The molecule has 0 heterocycles. The third-order valence-electron chi connectivity index (χ3n) is 6.11. The summed E-state index contributed by atoms with van der Waals surface area (Å²) in [6.07, 6.45) is 1.20. The number of carbonyl (C=O) groups excluding carboxylic acids is 2. The molecule has 0 aromatic heterocycles. The molecule has 2 amide bonds. The molecule has 3 rings (SSSR count). The third-order valence-corrected chi connectivity index (χ3v) is 7.10. The Kier molecular flexibility index (Phi) is 10.7. The predicted molar refractivity (Wildman–Crippen MR) is 148 cm³/mol. The number of nitro groups is 1. The molecule has 7 nitrogen and oxygen atoms in total. The van der Waals surface area contributed by atoms with Crippen LogP contribution in [-0.4, -0.2) is 39.5 Å². The first kappa shape index (κ1) is 27.9. The Hall–Kier alpha value is -3.65. The fourth-order valence-electron chi connectivity index (χ4n) is 3.83. The molecule has 0 aliphatic heterocycles. The highest BCUT2D eigenvalue weighted by Gasteiger charge is 2.30. The zero-order valence-electron chi connectivity index (χ0n) is 21.2. The van der Waals surface area contributed by atoms with Crippen molar-refractivity contribution < 1.29 is 14.5 Å². The molecule has 194 valence electrons. The topological polar surface area (TPSA) is 92.6 Å². The number of nitro benzene ring substituents is 1. The average molecular weight is 520 g/mol. The molecular weight excluding hydrogens is 486 g/mol. The van der Waals surface area contributed by atoms with E-state index in [1.54, 1.807) is 17.0 Å². The predicted octanol–water partition coefficient (Wildman–Crippen LogP) is 5.38. The van der Waals surface area contributed by atoms with Crippen molar-refractivity contribution in [1.82, 2.24) is 10.2 Å². The van der Waals surface area contributed by atoms with Gasteiger partial charge >= 0.3 is 0 Å². The van der Waals surface area contributed by atoms with Crippen LogP contribution in [0.4, 0.5) is 5.69 Å². The number of hydrogen-bond acceptors (Lipinski definition) is 5. The van der Waals surface area contributed by atoms with Gasteiger partial charge in [0.1, 0.15) is 6.04 Å². The van der Waals surface area contributed by atoms with Crippen LogP contribution >= 0.6 is 11.8 Å². The minimum atomic E-state index is -0.663. The van der Waals surface area contributed by atoms with E-state index in [4.69, 9.17) is 0 Å². The minimum Gasteiger partial charge on any atom is -0.352 e. The van der Waals surface area contributed by atoms with E-state index >= 15 is 0 Å². The van der Waals surface area contributed by atoms with Crippen molar-refractivity contribution in [3.8, 4) is 0 Å². The quantitative estimate of drug-likeness (QED) is 0.242. The summed E-state index contributed by atoms with van der Waals surface area (Å²) >= 11 is 1.43. The molecule has 0 unspecified atom stereocenters. The van der Waals surface area contributed by atoms with E-state index in [0.717, 1.165) is 23.1 Å². The molecule has 0 saturated heterocycles. The van der Waals surface area contributed by atoms with E-state index in [0.29, 0.717) is 18.7 Å². The number of thioether (sulfide) groups is 1. The monoisotopic (exact) mass is 519 g/mol. The molecule has 0 bridgehead atoms.